The van der Waals surface area contributed by atoms with Gasteiger partial charge >= 0.3 is 0 Å². The summed E-state index contributed by atoms with van der Waals surface area (Å²) in [5.41, 5.74) is 3.64. The van der Waals surface area contributed by atoms with E-state index in [9.17, 15) is 4.79 Å². The second-order valence-corrected chi connectivity index (χ2v) is 7.89. The summed E-state index contributed by atoms with van der Waals surface area (Å²) in [6.07, 6.45) is 3.50. The van der Waals surface area contributed by atoms with Gasteiger partial charge in [-0.15, -0.1) is 21.5 Å². The summed E-state index contributed by atoms with van der Waals surface area (Å²) in [5, 5.41) is 10.3. The van der Waals surface area contributed by atoms with Crippen LogP contribution in [-0.4, -0.2) is 52.1 Å². The van der Waals surface area contributed by atoms with Gasteiger partial charge in [-0.2, -0.15) is 0 Å². The van der Waals surface area contributed by atoms with Gasteiger partial charge in [0.25, 0.3) is 5.91 Å². The van der Waals surface area contributed by atoms with Crippen LogP contribution in [0.5, 0.6) is 0 Å². The molecule has 1 aromatic carbocycles. The number of aryl methyl sites for hydroxylation is 3. The molecule has 0 unspecified atom stereocenters. The highest BCUT2D eigenvalue weighted by atomic mass is 32.1. The van der Waals surface area contributed by atoms with E-state index in [0.29, 0.717) is 0 Å². The first-order valence-electron chi connectivity index (χ1n) is 8.61. The van der Waals surface area contributed by atoms with E-state index in [4.69, 9.17) is 0 Å². The number of hydrogen-bond acceptors (Lipinski definition) is 5. The Labute approximate surface area is 146 Å². The lowest BCUT2D eigenvalue weighted by Gasteiger charge is -2.34. The zero-order valence-electron chi connectivity index (χ0n) is 14.0. The van der Waals surface area contributed by atoms with E-state index in [-0.39, 0.29) is 5.91 Å². The van der Waals surface area contributed by atoms with E-state index >= 15 is 0 Å². The molecule has 1 saturated heterocycles. The monoisotopic (exact) mass is 342 g/mol. The van der Waals surface area contributed by atoms with E-state index in [2.05, 4.69) is 27.2 Å². The Morgan fingerprint density at radius 3 is 2.67 bits per heavy atom. The van der Waals surface area contributed by atoms with Crippen molar-refractivity contribution in [1.82, 2.24) is 20.0 Å². The van der Waals surface area contributed by atoms with Crippen LogP contribution in [0.3, 0.4) is 0 Å². The predicted molar refractivity (Wildman–Crippen MR) is 94.3 cm³/mol. The summed E-state index contributed by atoms with van der Waals surface area (Å²) >= 11 is 1.65. The molecule has 0 N–H and O–H groups in total. The average molecular weight is 342 g/mol. The maximum Gasteiger partial charge on any atom is 0.253 e. The standard InChI is InChI=1S/C18H22N4OS/c1-13-19-20-17(24-13)12-21-7-9-22(10-8-21)18(23)16-6-5-14-3-2-4-15(14)11-16/h5-6,11H,2-4,7-10,12H2,1H3. The predicted octanol–water partition coefficient (Wildman–Crippen LogP) is 2.29. The molecule has 1 amide bonds. The van der Waals surface area contributed by atoms with Crippen molar-refractivity contribution >= 4 is 17.2 Å². The van der Waals surface area contributed by atoms with Crippen LogP contribution < -0.4 is 0 Å². The Kier molecular flexibility index (Phi) is 4.33. The molecule has 1 aliphatic carbocycles. The van der Waals surface area contributed by atoms with Gasteiger partial charge in [-0.1, -0.05) is 6.07 Å². The number of hydrogen-bond donors (Lipinski definition) is 0. The number of rotatable bonds is 3. The van der Waals surface area contributed by atoms with E-state index in [1.165, 1.54) is 17.5 Å². The molecule has 1 aromatic heterocycles. The van der Waals surface area contributed by atoms with Crippen molar-refractivity contribution in [1.29, 1.82) is 0 Å². The van der Waals surface area contributed by atoms with Crippen molar-refractivity contribution in [3.63, 3.8) is 0 Å². The van der Waals surface area contributed by atoms with Crippen molar-refractivity contribution in [3.05, 3.63) is 44.9 Å². The molecular formula is C18H22N4OS. The lowest BCUT2D eigenvalue weighted by molar-refractivity contribution is 0.0628. The molecular weight excluding hydrogens is 320 g/mol. The van der Waals surface area contributed by atoms with Gasteiger partial charge in [-0.3, -0.25) is 9.69 Å². The molecule has 24 heavy (non-hydrogen) atoms. The van der Waals surface area contributed by atoms with Crippen molar-refractivity contribution in [2.75, 3.05) is 26.2 Å². The smallest absolute Gasteiger partial charge is 0.253 e. The molecule has 1 aliphatic heterocycles. The third-order valence-electron chi connectivity index (χ3n) is 4.93. The molecule has 2 aliphatic rings. The first-order chi connectivity index (χ1) is 11.7. The Morgan fingerprint density at radius 2 is 1.92 bits per heavy atom. The van der Waals surface area contributed by atoms with Crippen molar-refractivity contribution in [2.45, 2.75) is 32.7 Å². The summed E-state index contributed by atoms with van der Waals surface area (Å²) in [4.78, 5) is 17.1. The minimum Gasteiger partial charge on any atom is -0.336 e. The number of piperazine rings is 1. The number of fused-ring (bicyclic) bond motifs is 1. The summed E-state index contributed by atoms with van der Waals surface area (Å²) in [6.45, 7) is 6.19. The van der Waals surface area contributed by atoms with Crippen molar-refractivity contribution in [3.8, 4) is 0 Å². The topological polar surface area (TPSA) is 49.3 Å². The Hall–Kier alpha value is -1.79. The van der Waals surface area contributed by atoms with Crippen LogP contribution in [0, 0.1) is 6.92 Å². The lowest BCUT2D eigenvalue weighted by atomic mass is 10.1. The van der Waals surface area contributed by atoms with Gasteiger partial charge in [0.05, 0.1) is 6.54 Å². The molecule has 1 fully saturated rings. The summed E-state index contributed by atoms with van der Waals surface area (Å²) in [7, 11) is 0. The minimum absolute atomic E-state index is 0.177. The third kappa shape index (κ3) is 3.21. The quantitative estimate of drug-likeness (QED) is 0.859. The Bertz CT molecular complexity index is 749. The Morgan fingerprint density at radius 1 is 1.12 bits per heavy atom. The van der Waals surface area contributed by atoms with E-state index < -0.39 is 0 Å². The zero-order valence-corrected chi connectivity index (χ0v) is 14.8. The number of aromatic nitrogens is 2. The first-order valence-corrected chi connectivity index (χ1v) is 9.43. The number of nitrogens with zero attached hydrogens (tertiary/aromatic N) is 4. The zero-order chi connectivity index (χ0) is 16.5. The maximum absolute atomic E-state index is 12.8. The SMILES string of the molecule is Cc1nnc(CN2CCN(C(=O)c3ccc4c(c3)CCC4)CC2)s1. The van der Waals surface area contributed by atoms with Crippen LogP contribution in [0.25, 0.3) is 0 Å². The van der Waals surface area contributed by atoms with Crippen LogP contribution in [0.4, 0.5) is 0 Å². The maximum atomic E-state index is 12.8. The number of amides is 1. The third-order valence-corrected chi connectivity index (χ3v) is 5.76. The van der Waals surface area contributed by atoms with Gasteiger partial charge in [0, 0.05) is 31.7 Å². The fraction of sp³-hybridized carbons (Fsp3) is 0.500. The molecule has 2 aromatic rings. The summed E-state index contributed by atoms with van der Waals surface area (Å²) in [6, 6.07) is 6.26. The van der Waals surface area contributed by atoms with Gasteiger partial charge in [-0.05, 0) is 49.4 Å². The van der Waals surface area contributed by atoms with E-state index in [0.717, 1.165) is 61.1 Å². The molecule has 126 valence electrons. The van der Waals surface area contributed by atoms with Gasteiger partial charge in [-0.25, -0.2) is 0 Å². The second-order valence-electron chi connectivity index (χ2n) is 6.62. The molecule has 0 radical (unpaired) electrons. The molecule has 6 heteroatoms. The molecule has 0 saturated carbocycles. The highest BCUT2D eigenvalue weighted by Gasteiger charge is 2.23. The number of carbonyl (C=O) groups is 1. The van der Waals surface area contributed by atoms with Crippen LogP contribution in [0.15, 0.2) is 18.2 Å². The molecule has 0 atom stereocenters. The second kappa shape index (κ2) is 6.61. The molecule has 0 bridgehead atoms. The van der Waals surface area contributed by atoms with Crippen molar-refractivity contribution < 1.29 is 4.79 Å². The Balaban J connectivity index is 1.36. The molecule has 0 spiro atoms. The molecule has 5 nitrogen and oxygen atoms in total. The fourth-order valence-electron chi connectivity index (χ4n) is 3.59. The number of carbonyl (C=O) groups excluding carboxylic acids is 1. The normalized spacial score (nSPS) is 18.0. The first kappa shape index (κ1) is 15.7. The van der Waals surface area contributed by atoms with Crippen LogP contribution in [0.2, 0.25) is 0 Å². The van der Waals surface area contributed by atoms with Gasteiger partial charge < -0.3 is 4.90 Å². The van der Waals surface area contributed by atoms with Crippen LogP contribution in [0.1, 0.15) is 37.9 Å². The average Bonchev–Trinajstić information content (AvgIpc) is 3.23. The lowest BCUT2D eigenvalue weighted by Crippen LogP contribution is -2.48. The van der Waals surface area contributed by atoms with E-state index in [1.807, 2.05) is 17.9 Å². The van der Waals surface area contributed by atoms with Gasteiger partial charge in [0.15, 0.2) is 0 Å². The minimum atomic E-state index is 0.177. The van der Waals surface area contributed by atoms with Crippen molar-refractivity contribution in [2.24, 2.45) is 0 Å². The van der Waals surface area contributed by atoms with Gasteiger partial charge in [0.1, 0.15) is 10.0 Å². The van der Waals surface area contributed by atoms with E-state index in [1.54, 1.807) is 11.3 Å². The highest BCUT2D eigenvalue weighted by molar-refractivity contribution is 7.11. The van der Waals surface area contributed by atoms with Gasteiger partial charge in [0.2, 0.25) is 0 Å². The molecule has 2 heterocycles. The fourth-order valence-corrected chi connectivity index (χ4v) is 4.34. The van der Waals surface area contributed by atoms with Crippen LogP contribution in [-0.2, 0) is 19.4 Å². The summed E-state index contributed by atoms with van der Waals surface area (Å²) in [5.74, 6) is 0.177. The largest absolute Gasteiger partial charge is 0.336 e. The molecule has 4 rings (SSSR count). The summed E-state index contributed by atoms with van der Waals surface area (Å²) < 4.78 is 0. The highest BCUT2D eigenvalue weighted by Crippen LogP contribution is 2.23. The number of benzene rings is 1. The van der Waals surface area contributed by atoms with Crippen LogP contribution >= 0.6 is 11.3 Å².